The van der Waals surface area contributed by atoms with E-state index in [0.717, 1.165) is 29.0 Å². The van der Waals surface area contributed by atoms with Crippen LogP contribution in [-0.4, -0.2) is 47.9 Å². The van der Waals surface area contributed by atoms with Crippen LogP contribution >= 0.6 is 46.9 Å². The average Bonchev–Trinajstić information content (AvgIpc) is 3.08. The summed E-state index contributed by atoms with van der Waals surface area (Å²) >= 11 is 14.0. The van der Waals surface area contributed by atoms with Crippen LogP contribution in [0, 0.1) is 6.92 Å². The summed E-state index contributed by atoms with van der Waals surface area (Å²) in [6.07, 6.45) is 2.50. The molecular weight excluding hydrogens is 455 g/mol. The number of thiophene rings is 1. The molecule has 0 atom stereocenters. The molecule has 0 fully saturated rings. The first-order valence-corrected chi connectivity index (χ1v) is 10.4. The summed E-state index contributed by atoms with van der Waals surface area (Å²) in [5.74, 6) is -0.864. The minimum absolute atomic E-state index is 0. The van der Waals surface area contributed by atoms with Gasteiger partial charge in [-0.1, -0.05) is 34.4 Å². The Morgan fingerprint density at radius 1 is 1.34 bits per heavy atom. The zero-order valence-electron chi connectivity index (χ0n) is 15.7. The third-order valence-electron chi connectivity index (χ3n) is 4.42. The van der Waals surface area contributed by atoms with Crippen LogP contribution in [0.25, 0.3) is 0 Å². The van der Waals surface area contributed by atoms with Gasteiger partial charge < -0.3 is 9.94 Å². The number of aryl methyl sites for hydroxylation is 1. The molecule has 1 aromatic heterocycles. The van der Waals surface area contributed by atoms with Crippen LogP contribution in [0.2, 0.25) is 10.0 Å². The highest BCUT2D eigenvalue weighted by Crippen LogP contribution is 2.27. The van der Waals surface area contributed by atoms with Gasteiger partial charge in [-0.3, -0.25) is 4.90 Å². The van der Waals surface area contributed by atoms with Crippen molar-refractivity contribution < 1.29 is 14.7 Å². The number of nitrogens with zero attached hydrogens (tertiary/aromatic N) is 2. The van der Waals surface area contributed by atoms with Crippen LogP contribution in [0.4, 0.5) is 0 Å². The van der Waals surface area contributed by atoms with Crippen LogP contribution in [-0.2, 0) is 9.63 Å². The number of benzene rings is 1. The van der Waals surface area contributed by atoms with E-state index in [1.54, 1.807) is 29.5 Å². The van der Waals surface area contributed by atoms with Crippen LogP contribution in [0.1, 0.15) is 22.4 Å². The Balaban J connectivity index is 0.00000300. The standard InChI is InChI=1S/C20H20Cl2N2O3S.ClH/c1-13-6-10-28-19(13)18(16-5-4-15(21)11-17(16)22)23-27-9-8-24-7-2-3-14(12-24)20(25)26;/h3-6,10-11H,2,7-9,12H2,1H3,(H,25,26);1H/b23-18-;. The maximum Gasteiger partial charge on any atom is 0.332 e. The molecule has 1 N–H and O–H groups in total. The topological polar surface area (TPSA) is 62.1 Å². The summed E-state index contributed by atoms with van der Waals surface area (Å²) in [6.45, 7) is 4.19. The number of aliphatic carboxylic acids is 1. The molecule has 1 aliphatic rings. The second-order valence-electron chi connectivity index (χ2n) is 6.43. The molecular formula is C20H21Cl3N2O3S. The lowest BCUT2D eigenvalue weighted by Gasteiger charge is -2.24. The Kier molecular flexibility index (Phi) is 8.99. The number of carboxylic acid groups (broad SMARTS) is 1. The fraction of sp³-hybridized carbons (Fsp3) is 0.300. The molecule has 0 saturated heterocycles. The highest BCUT2D eigenvalue weighted by molar-refractivity contribution is 7.12. The van der Waals surface area contributed by atoms with E-state index in [1.165, 1.54) is 0 Å². The molecule has 9 heteroatoms. The van der Waals surface area contributed by atoms with Gasteiger partial charge in [0.2, 0.25) is 0 Å². The molecule has 5 nitrogen and oxygen atoms in total. The third kappa shape index (κ3) is 6.20. The second-order valence-corrected chi connectivity index (χ2v) is 8.19. The van der Waals surface area contributed by atoms with Crippen molar-refractivity contribution in [3.05, 3.63) is 67.3 Å². The average molecular weight is 476 g/mol. The molecule has 0 bridgehead atoms. The molecule has 2 heterocycles. The zero-order valence-corrected chi connectivity index (χ0v) is 18.9. The number of hydrogen-bond acceptors (Lipinski definition) is 5. The maximum atomic E-state index is 11.1. The highest BCUT2D eigenvalue weighted by atomic mass is 35.5. The molecule has 0 aliphatic carbocycles. The van der Waals surface area contributed by atoms with Crippen molar-refractivity contribution in [3.8, 4) is 0 Å². The summed E-state index contributed by atoms with van der Waals surface area (Å²) in [6, 6.07) is 7.31. The van der Waals surface area contributed by atoms with Gasteiger partial charge >= 0.3 is 5.97 Å². The molecule has 0 amide bonds. The van der Waals surface area contributed by atoms with Crippen molar-refractivity contribution in [2.45, 2.75) is 13.3 Å². The van der Waals surface area contributed by atoms with Gasteiger partial charge in [0.25, 0.3) is 0 Å². The van der Waals surface area contributed by atoms with Gasteiger partial charge in [-0.2, -0.15) is 0 Å². The number of carboxylic acids is 1. The predicted molar refractivity (Wildman–Crippen MR) is 121 cm³/mol. The van der Waals surface area contributed by atoms with Gasteiger partial charge in [0, 0.05) is 35.8 Å². The van der Waals surface area contributed by atoms with Crippen LogP contribution in [0.3, 0.4) is 0 Å². The van der Waals surface area contributed by atoms with E-state index >= 15 is 0 Å². The van der Waals surface area contributed by atoms with Crippen molar-refractivity contribution in [1.29, 1.82) is 0 Å². The van der Waals surface area contributed by atoms with E-state index < -0.39 is 5.97 Å². The quantitative estimate of drug-likeness (QED) is 0.336. The lowest BCUT2D eigenvalue weighted by molar-refractivity contribution is -0.133. The fourth-order valence-corrected chi connectivity index (χ4v) is 4.36. The van der Waals surface area contributed by atoms with E-state index in [4.69, 9.17) is 33.1 Å². The summed E-state index contributed by atoms with van der Waals surface area (Å²) in [7, 11) is 0. The SMILES string of the molecule is Cc1ccsc1/C(=N\OCCN1CCC=C(C(=O)O)C1)c1ccc(Cl)cc1Cl.Cl. The maximum absolute atomic E-state index is 11.1. The molecule has 0 unspecified atom stereocenters. The fourth-order valence-electron chi connectivity index (χ4n) is 2.94. The smallest absolute Gasteiger partial charge is 0.332 e. The van der Waals surface area contributed by atoms with Crippen molar-refractivity contribution >= 4 is 58.6 Å². The minimum Gasteiger partial charge on any atom is -0.478 e. The highest BCUT2D eigenvalue weighted by Gasteiger charge is 2.18. The van der Waals surface area contributed by atoms with Gasteiger partial charge in [-0.25, -0.2) is 4.79 Å². The zero-order chi connectivity index (χ0) is 20.1. The number of rotatable bonds is 7. The largest absolute Gasteiger partial charge is 0.478 e. The predicted octanol–water partition coefficient (Wildman–Crippen LogP) is 5.27. The molecule has 1 aromatic carbocycles. The first kappa shape index (κ1) is 23.7. The summed E-state index contributed by atoms with van der Waals surface area (Å²) in [5, 5.41) is 16.6. The van der Waals surface area contributed by atoms with E-state index in [-0.39, 0.29) is 12.4 Å². The van der Waals surface area contributed by atoms with Crippen molar-refractivity contribution in [3.63, 3.8) is 0 Å². The molecule has 0 saturated carbocycles. The Morgan fingerprint density at radius 2 is 2.14 bits per heavy atom. The number of carbonyl (C=O) groups is 1. The van der Waals surface area contributed by atoms with Gasteiger partial charge in [-0.15, -0.1) is 23.7 Å². The normalized spacial score (nSPS) is 14.9. The number of oxime groups is 1. The summed E-state index contributed by atoms with van der Waals surface area (Å²) < 4.78 is 0. The molecule has 2 aromatic rings. The van der Waals surface area contributed by atoms with Crippen LogP contribution in [0.15, 0.2) is 46.5 Å². The first-order valence-electron chi connectivity index (χ1n) is 8.80. The summed E-state index contributed by atoms with van der Waals surface area (Å²) in [5.41, 5.74) is 2.94. The van der Waals surface area contributed by atoms with E-state index in [0.29, 0.717) is 41.0 Å². The van der Waals surface area contributed by atoms with Crippen LogP contribution in [0.5, 0.6) is 0 Å². The minimum atomic E-state index is -0.864. The molecule has 0 radical (unpaired) electrons. The van der Waals surface area contributed by atoms with Crippen molar-refractivity contribution in [2.75, 3.05) is 26.2 Å². The summed E-state index contributed by atoms with van der Waals surface area (Å²) in [4.78, 5) is 19.8. The van der Waals surface area contributed by atoms with Crippen molar-refractivity contribution in [2.24, 2.45) is 5.16 Å². The van der Waals surface area contributed by atoms with E-state index in [9.17, 15) is 4.79 Å². The third-order valence-corrected chi connectivity index (χ3v) is 5.99. The Hall–Kier alpha value is -1.57. The van der Waals surface area contributed by atoms with Gasteiger partial charge in [0.15, 0.2) is 0 Å². The van der Waals surface area contributed by atoms with E-state index in [1.807, 2.05) is 29.3 Å². The second kappa shape index (κ2) is 11.0. The number of hydrogen-bond donors (Lipinski definition) is 1. The Morgan fingerprint density at radius 3 is 2.79 bits per heavy atom. The van der Waals surface area contributed by atoms with Gasteiger partial charge in [0.1, 0.15) is 12.3 Å². The molecule has 156 valence electrons. The van der Waals surface area contributed by atoms with E-state index in [2.05, 4.69) is 5.16 Å². The molecule has 29 heavy (non-hydrogen) atoms. The molecule has 1 aliphatic heterocycles. The Bertz CT molecular complexity index is 927. The lowest BCUT2D eigenvalue weighted by atomic mass is 10.1. The molecule has 3 rings (SSSR count). The first-order chi connectivity index (χ1) is 13.5. The molecule has 0 spiro atoms. The lowest BCUT2D eigenvalue weighted by Crippen LogP contribution is -2.34. The monoisotopic (exact) mass is 474 g/mol. The number of halogens is 3. The van der Waals surface area contributed by atoms with Gasteiger partial charge in [0.05, 0.1) is 9.90 Å². The van der Waals surface area contributed by atoms with Gasteiger partial charge in [-0.05, 0) is 48.6 Å². The van der Waals surface area contributed by atoms with Crippen LogP contribution < -0.4 is 0 Å². The van der Waals surface area contributed by atoms with Crippen molar-refractivity contribution in [1.82, 2.24) is 4.90 Å². The Labute approximate surface area is 190 Å².